The van der Waals surface area contributed by atoms with Crippen molar-refractivity contribution in [1.82, 2.24) is 5.32 Å². The van der Waals surface area contributed by atoms with E-state index in [1.54, 1.807) is 0 Å². The fourth-order valence-corrected chi connectivity index (χ4v) is 2.79. The minimum atomic E-state index is 0.401. The van der Waals surface area contributed by atoms with Crippen LogP contribution in [0.15, 0.2) is 24.3 Å². The lowest BCUT2D eigenvalue weighted by atomic mass is 9.99. The molecule has 0 aliphatic heterocycles. The monoisotopic (exact) mass is 246 g/mol. The molecule has 0 aromatic heterocycles. The van der Waals surface area contributed by atoms with E-state index in [2.05, 4.69) is 50.4 Å². The molecule has 1 fully saturated rings. The molecule has 0 saturated heterocycles. The van der Waals surface area contributed by atoms with Crippen molar-refractivity contribution in [1.29, 1.82) is 0 Å². The van der Waals surface area contributed by atoms with Crippen LogP contribution < -0.4 is 11.1 Å². The molecule has 1 aliphatic carbocycles. The van der Waals surface area contributed by atoms with Crippen molar-refractivity contribution in [2.75, 3.05) is 0 Å². The van der Waals surface area contributed by atoms with E-state index in [1.807, 2.05) is 0 Å². The zero-order chi connectivity index (χ0) is 13.1. The van der Waals surface area contributed by atoms with E-state index in [9.17, 15) is 0 Å². The Morgan fingerprint density at radius 1 is 1.06 bits per heavy atom. The van der Waals surface area contributed by atoms with E-state index in [0.717, 1.165) is 12.8 Å². The lowest BCUT2D eigenvalue weighted by molar-refractivity contribution is 0.457. The first-order valence-electron chi connectivity index (χ1n) is 7.17. The predicted molar refractivity (Wildman–Crippen MR) is 77.7 cm³/mol. The molecule has 0 heterocycles. The molecule has 1 aromatic carbocycles. The van der Waals surface area contributed by atoms with E-state index < -0.39 is 0 Å². The second-order valence-corrected chi connectivity index (χ2v) is 5.98. The van der Waals surface area contributed by atoms with Gasteiger partial charge in [-0.2, -0.15) is 0 Å². The number of benzene rings is 1. The fourth-order valence-electron chi connectivity index (χ4n) is 2.79. The molecule has 3 unspecified atom stereocenters. The summed E-state index contributed by atoms with van der Waals surface area (Å²) in [5.74, 6) is 0.607. The SMILES string of the molecule is CC(C)c1ccc(C(C)NC2CCC(N)C2)cc1. The Morgan fingerprint density at radius 2 is 1.67 bits per heavy atom. The topological polar surface area (TPSA) is 38.0 Å². The fraction of sp³-hybridized carbons (Fsp3) is 0.625. The van der Waals surface area contributed by atoms with E-state index in [4.69, 9.17) is 5.73 Å². The van der Waals surface area contributed by atoms with Gasteiger partial charge in [-0.05, 0) is 43.2 Å². The molecule has 100 valence electrons. The first kappa shape index (κ1) is 13.6. The molecule has 2 nitrogen and oxygen atoms in total. The van der Waals surface area contributed by atoms with Crippen LogP contribution in [0.4, 0.5) is 0 Å². The van der Waals surface area contributed by atoms with Crippen LogP contribution in [0.5, 0.6) is 0 Å². The van der Waals surface area contributed by atoms with Crippen molar-refractivity contribution < 1.29 is 0 Å². The Morgan fingerprint density at radius 3 is 2.17 bits per heavy atom. The van der Waals surface area contributed by atoms with Crippen LogP contribution in [0, 0.1) is 0 Å². The number of rotatable bonds is 4. The standard InChI is InChI=1S/C16H26N2/c1-11(2)13-4-6-14(7-5-13)12(3)18-16-9-8-15(17)10-16/h4-7,11-12,15-16,18H,8-10,17H2,1-3H3. The normalized spacial score (nSPS) is 25.6. The van der Waals surface area contributed by atoms with Gasteiger partial charge in [0.05, 0.1) is 0 Å². The largest absolute Gasteiger partial charge is 0.328 e. The molecular formula is C16H26N2. The molecule has 1 saturated carbocycles. The number of hydrogen-bond acceptors (Lipinski definition) is 2. The summed E-state index contributed by atoms with van der Waals surface area (Å²) in [5.41, 5.74) is 8.74. The summed E-state index contributed by atoms with van der Waals surface area (Å²) in [7, 11) is 0. The lowest BCUT2D eigenvalue weighted by Crippen LogP contribution is -2.30. The van der Waals surface area contributed by atoms with Gasteiger partial charge in [0.15, 0.2) is 0 Å². The average molecular weight is 246 g/mol. The Labute approximate surface area is 111 Å². The number of nitrogens with two attached hydrogens (primary N) is 1. The Balaban J connectivity index is 1.94. The highest BCUT2D eigenvalue weighted by Crippen LogP contribution is 2.23. The van der Waals surface area contributed by atoms with Crippen LogP contribution in [0.1, 0.15) is 63.1 Å². The summed E-state index contributed by atoms with van der Waals surface area (Å²) in [6, 6.07) is 10.4. The smallest absolute Gasteiger partial charge is 0.0294 e. The molecule has 0 spiro atoms. The van der Waals surface area contributed by atoms with Crippen LogP contribution >= 0.6 is 0 Å². The minimum absolute atomic E-state index is 0.401. The van der Waals surface area contributed by atoms with Crippen molar-refractivity contribution in [2.45, 2.75) is 64.1 Å². The zero-order valence-corrected chi connectivity index (χ0v) is 11.8. The maximum absolute atomic E-state index is 5.95. The van der Waals surface area contributed by atoms with Crippen molar-refractivity contribution >= 4 is 0 Å². The van der Waals surface area contributed by atoms with Crippen molar-refractivity contribution in [3.8, 4) is 0 Å². The number of nitrogens with one attached hydrogen (secondary N) is 1. The Bertz CT molecular complexity index is 369. The molecule has 1 aromatic rings. The second kappa shape index (κ2) is 5.85. The van der Waals surface area contributed by atoms with Crippen LogP contribution in [0.3, 0.4) is 0 Å². The maximum atomic E-state index is 5.95. The third-order valence-electron chi connectivity index (χ3n) is 4.06. The Hall–Kier alpha value is -0.860. The Kier molecular flexibility index (Phi) is 4.41. The molecule has 3 atom stereocenters. The van der Waals surface area contributed by atoms with Gasteiger partial charge in [-0.1, -0.05) is 38.1 Å². The van der Waals surface area contributed by atoms with Gasteiger partial charge >= 0.3 is 0 Å². The first-order chi connectivity index (χ1) is 8.56. The molecule has 0 amide bonds. The molecule has 18 heavy (non-hydrogen) atoms. The molecule has 1 aliphatic rings. The highest BCUT2D eigenvalue weighted by atomic mass is 15.0. The third kappa shape index (κ3) is 3.33. The van der Waals surface area contributed by atoms with Gasteiger partial charge in [-0.15, -0.1) is 0 Å². The van der Waals surface area contributed by atoms with Gasteiger partial charge in [0.1, 0.15) is 0 Å². The van der Waals surface area contributed by atoms with E-state index >= 15 is 0 Å². The lowest BCUT2D eigenvalue weighted by Gasteiger charge is -2.20. The van der Waals surface area contributed by atoms with Crippen LogP contribution in [-0.4, -0.2) is 12.1 Å². The van der Waals surface area contributed by atoms with Gasteiger partial charge in [-0.25, -0.2) is 0 Å². The van der Waals surface area contributed by atoms with Gasteiger partial charge in [0.2, 0.25) is 0 Å². The second-order valence-electron chi connectivity index (χ2n) is 5.98. The third-order valence-corrected chi connectivity index (χ3v) is 4.06. The van der Waals surface area contributed by atoms with E-state index in [1.165, 1.54) is 17.5 Å². The summed E-state index contributed by atoms with van der Waals surface area (Å²) in [5, 5.41) is 3.69. The highest BCUT2D eigenvalue weighted by molar-refractivity contribution is 5.26. The summed E-state index contributed by atoms with van der Waals surface area (Å²) in [6.45, 7) is 6.71. The van der Waals surface area contributed by atoms with Crippen LogP contribution in [0.25, 0.3) is 0 Å². The number of hydrogen-bond donors (Lipinski definition) is 2. The molecule has 0 bridgehead atoms. The maximum Gasteiger partial charge on any atom is 0.0294 e. The summed E-state index contributed by atoms with van der Waals surface area (Å²) >= 11 is 0. The molecular weight excluding hydrogens is 220 g/mol. The molecule has 2 heteroatoms. The van der Waals surface area contributed by atoms with Crippen LogP contribution in [-0.2, 0) is 0 Å². The van der Waals surface area contributed by atoms with Crippen molar-refractivity contribution in [2.24, 2.45) is 5.73 Å². The van der Waals surface area contributed by atoms with Crippen molar-refractivity contribution in [3.05, 3.63) is 35.4 Å². The van der Waals surface area contributed by atoms with Crippen molar-refractivity contribution in [3.63, 3.8) is 0 Å². The molecule has 3 N–H and O–H groups in total. The van der Waals surface area contributed by atoms with Gasteiger partial charge in [0, 0.05) is 18.1 Å². The quantitative estimate of drug-likeness (QED) is 0.855. The van der Waals surface area contributed by atoms with E-state index in [-0.39, 0.29) is 0 Å². The van der Waals surface area contributed by atoms with Gasteiger partial charge in [0.25, 0.3) is 0 Å². The summed E-state index contributed by atoms with van der Waals surface area (Å²) in [4.78, 5) is 0. The predicted octanol–water partition coefficient (Wildman–Crippen LogP) is 3.34. The van der Waals surface area contributed by atoms with E-state index in [0.29, 0.717) is 24.0 Å². The summed E-state index contributed by atoms with van der Waals surface area (Å²) < 4.78 is 0. The zero-order valence-electron chi connectivity index (χ0n) is 11.8. The van der Waals surface area contributed by atoms with Gasteiger partial charge < -0.3 is 11.1 Å². The minimum Gasteiger partial charge on any atom is -0.328 e. The average Bonchev–Trinajstić information content (AvgIpc) is 2.75. The molecule has 2 rings (SSSR count). The molecule has 0 radical (unpaired) electrons. The van der Waals surface area contributed by atoms with Gasteiger partial charge in [-0.3, -0.25) is 0 Å². The van der Waals surface area contributed by atoms with Crippen LogP contribution in [0.2, 0.25) is 0 Å². The summed E-state index contributed by atoms with van der Waals surface area (Å²) in [6.07, 6.45) is 3.50. The first-order valence-corrected chi connectivity index (χ1v) is 7.17. The highest BCUT2D eigenvalue weighted by Gasteiger charge is 2.22.